The van der Waals surface area contributed by atoms with E-state index in [1.807, 2.05) is 12.1 Å². The molecule has 140 valence electrons. The number of nitrogens with zero attached hydrogens (tertiary/aromatic N) is 3. The van der Waals surface area contributed by atoms with E-state index < -0.39 is 0 Å². The fourth-order valence-corrected chi connectivity index (χ4v) is 2.98. The predicted molar refractivity (Wildman–Crippen MR) is 100 cm³/mol. The zero-order valence-electron chi connectivity index (χ0n) is 15.8. The van der Waals surface area contributed by atoms with Crippen molar-refractivity contribution in [2.45, 2.75) is 26.4 Å². The minimum atomic E-state index is 0.462. The number of aromatic nitrogens is 1. The number of nitrogens with one attached hydrogen (secondary N) is 2. The first-order chi connectivity index (χ1) is 12.1. The lowest BCUT2D eigenvalue weighted by molar-refractivity contribution is 0.00752. The molecule has 0 saturated carbocycles. The topological polar surface area (TPSA) is 71.0 Å². The molecule has 2 rings (SSSR count). The second kappa shape index (κ2) is 10.2. The van der Waals surface area contributed by atoms with Crippen LogP contribution in [0.5, 0.6) is 5.88 Å². The fraction of sp³-hybridized carbons (Fsp3) is 0.667. The first-order valence-corrected chi connectivity index (χ1v) is 8.89. The van der Waals surface area contributed by atoms with Crippen molar-refractivity contribution in [1.29, 1.82) is 0 Å². The number of morpholine rings is 1. The van der Waals surface area contributed by atoms with Crippen LogP contribution in [0.4, 0.5) is 0 Å². The molecule has 1 atom stereocenters. The van der Waals surface area contributed by atoms with Crippen LogP contribution in [-0.4, -0.2) is 68.9 Å². The van der Waals surface area contributed by atoms with Crippen LogP contribution in [-0.2, 0) is 11.3 Å². The Balaban J connectivity index is 1.85. The minimum Gasteiger partial charge on any atom is -0.481 e. The SMILES string of the molecule is CN=C(NCc1ccnc(OC)c1)NCC(C(C)C)N1CCOCC1. The Labute approximate surface area is 150 Å². The van der Waals surface area contributed by atoms with Gasteiger partial charge in [-0.3, -0.25) is 9.89 Å². The average Bonchev–Trinajstić information content (AvgIpc) is 2.65. The van der Waals surface area contributed by atoms with Crippen molar-refractivity contribution in [2.24, 2.45) is 10.9 Å². The lowest BCUT2D eigenvalue weighted by atomic mass is 10.0. The normalized spacial score (nSPS) is 17.4. The van der Waals surface area contributed by atoms with Crippen LogP contribution in [0.3, 0.4) is 0 Å². The number of pyridine rings is 1. The van der Waals surface area contributed by atoms with E-state index in [-0.39, 0.29) is 0 Å². The van der Waals surface area contributed by atoms with E-state index in [9.17, 15) is 0 Å². The number of hydrogen-bond acceptors (Lipinski definition) is 5. The molecule has 0 radical (unpaired) electrons. The van der Waals surface area contributed by atoms with Crippen LogP contribution in [0.25, 0.3) is 0 Å². The van der Waals surface area contributed by atoms with E-state index >= 15 is 0 Å². The van der Waals surface area contributed by atoms with Gasteiger partial charge in [-0.2, -0.15) is 0 Å². The molecular formula is C18H31N5O2. The van der Waals surface area contributed by atoms with Gasteiger partial charge in [0.1, 0.15) is 0 Å². The molecule has 0 bridgehead atoms. The predicted octanol–water partition coefficient (Wildman–Crippen LogP) is 1.11. The molecule has 2 N–H and O–H groups in total. The lowest BCUT2D eigenvalue weighted by Crippen LogP contribution is -2.52. The average molecular weight is 349 g/mol. The van der Waals surface area contributed by atoms with E-state index in [2.05, 4.69) is 39.4 Å². The van der Waals surface area contributed by atoms with Crippen LogP contribution in [0, 0.1) is 5.92 Å². The molecule has 0 aromatic carbocycles. The Morgan fingerprint density at radius 3 is 2.76 bits per heavy atom. The molecule has 1 fully saturated rings. The van der Waals surface area contributed by atoms with Gasteiger partial charge < -0.3 is 20.1 Å². The summed E-state index contributed by atoms with van der Waals surface area (Å²) in [7, 11) is 3.42. The smallest absolute Gasteiger partial charge is 0.213 e. The molecule has 2 heterocycles. The highest BCUT2D eigenvalue weighted by Gasteiger charge is 2.23. The number of aliphatic imine (C=N–C) groups is 1. The Morgan fingerprint density at radius 2 is 2.12 bits per heavy atom. The lowest BCUT2D eigenvalue weighted by Gasteiger charge is -2.37. The van der Waals surface area contributed by atoms with Crippen LogP contribution in [0.15, 0.2) is 23.3 Å². The maximum atomic E-state index is 5.47. The third-order valence-corrected chi connectivity index (χ3v) is 4.45. The van der Waals surface area contributed by atoms with Gasteiger partial charge in [0.25, 0.3) is 0 Å². The molecular weight excluding hydrogens is 318 g/mol. The van der Waals surface area contributed by atoms with Crippen molar-refractivity contribution in [3.8, 4) is 5.88 Å². The second-order valence-electron chi connectivity index (χ2n) is 6.47. The molecule has 0 aliphatic carbocycles. The summed E-state index contributed by atoms with van der Waals surface area (Å²) in [6, 6.07) is 4.35. The van der Waals surface area contributed by atoms with Gasteiger partial charge in [0.05, 0.1) is 20.3 Å². The monoisotopic (exact) mass is 349 g/mol. The summed E-state index contributed by atoms with van der Waals surface area (Å²) in [5, 5.41) is 6.80. The second-order valence-corrected chi connectivity index (χ2v) is 6.47. The summed E-state index contributed by atoms with van der Waals surface area (Å²) in [6.07, 6.45) is 1.75. The molecule has 0 spiro atoms. The molecule has 1 aromatic rings. The molecule has 1 aliphatic heterocycles. The van der Waals surface area contributed by atoms with E-state index in [0.29, 0.717) is 24.4 Å². The number of guanidine groups is 1. The fourth-order valence-electron chi connectivity index (χ4n) is 2.98. The van der Waals surface area contributed by atoms with E-state index in [0.717, 1.165) is 44.4 Å². The van der Waals surface area contributed by atoms with Crippen molar-refractivity contribution in [3.63, 3.8) is 0 Å². The Morgan fingerprint density at radius 1 is 1.36 bits per heavy atom. The third kappa shape index (κ3) is 6.17. The zero-order valence-corrected chi connectivity index (χ0v) is 15.8. The largest absolute Gasteiger partial charge is 0.481 e. The van der Waals surface area contributed by atoms with Crippen molar-refractivity contribution >= 4 is 5.96 Å². The van der Waals surface area contributed by atoms with Gasteiger partial charge in [-0.15, -0.1) is 0 Å². The highest BCUT2D eigenvalue weighted by molar-refractivity contribution is 5.79. The van der Waals surface area contributed by atoms with Gasteiger partial charge in [0.15, 0.2) is 5.96 Å². The molecule has 1 aliphatic rings. The standard InChI is InChI=1S/C18H31N5O2/c1-14(2)16(23-7-9-25-10-8-23)13-22-18(19-3)21-12-15-5-6-20-17(11-15)24-4/h5-6,11,14,16H,7-10,12-13H2,1-4H3,(H2,19,21,22). The van der Waals surface area contributed by atoms with E-state index in [1.54, 1.807) is 20.4 Å². The highest BCUT2D eigenvalue weighted by Crippen LogP contribution is 2.12. The maximum Gasteiger partial charge on any atom is 0.213 e. The summed E-state index contributed by atoms with van der Waals surface area (Å²) >= 11 is 0. The van der Waals surface area contributed by atoms with Crippen LogP contribution < -0.4 is 15.4 Å². The zero-order chi connectivity index (χ0) is 18.1. The molecule has 1 unspecified atom stereocenters. The molecule has 7 heteroatoms. The summed E-state index contributed by atoms with van der Waals surface area (Å²) in [4.78, 5) is 11.0. The Hall–Kier alpha value is -1.86. The molecule has 0 amide bonds. The van der Waals surface area contributed by atoms with E-state index in [4.69, 9.17) is 9.47 Å². The number of ether oxygens (including phenoxy) is 2. The third-order valence-electron chi connectivity index (χ3n) is 4.45. The van der Waals surface area contributed by atoms with Crippen molar-refractivity contribution < 1.29 is 9.47 Å². The maximum absolute atomic E-state index is 5.47. The molecule has 7 nitrogen and oxygen atoms in total. The van der Waals surface area contributed by atoms with Gasteiger partial charge in [-0.1, -0.05) is 13.8 Å². The quantitative estimate of drug-likeness (QED) is 0.568. The number of methoxy groups -OCH3 is 1. The Kier molecular flexibility index (Phi) is 7.94. The van der Waals surface area contributed by atoms with Gasteiger partial charge in [0, 0.05) is 51.5 Å². The summed E-state index contributed by atoms with van der Waals surface area (Å²) in [5.74, 6) is 1.98. The van der Waals surface area contributed by atoms with Gasteiger partial charge in [-0.05, 0) is 17.5 Å². The van der Waals surface area contributed by atoms with Gasteiger partial charge in [-0.25, -0.2) is 4.98 Å². The summed E-state index contributed by atoms with van der Waals surface area (Å²) in [5.41, 5.74) is 1.10. The van der Waals surface area contributed by atoms with Crippen LogP contribution in [0.2, 0.25) is 0 Å². The highest BCUT2D eigenvalue weighted by atomic mass is 16.5. The van der Waals surface area contributed by atoms with Crippen LogP contribution in [0.1, 0.15) is 19.4 Å². The first-order valence-electron chi connectivity index (χ1n) is 8.89. The number of rotatable bonds is 7. The summed E-state index contributed by atoms with van der Waals surface area (Å²) in [6.45, 7) is 9.68. The van der Waals surface area contributed by atoms with Crippen molar-refractivity contribution in [1.82, 2.24) is 20.5 Å². The minimum absolute atomic E-state index is 0.462. The van der Waals surface area contributed by atoms with Gasteiger partial charge in [0.2, 0.25) is 5.88 Å². The summed E-state index contributed by atoms with van der Waals surface area (Å²) < 4.78 is 10.6. The Bertz CT molecular complexity index is 544. The van der Waals surface area contributed by atoms with Crippen LogP contribution >= 0.6 is 0 Å². The molecule has 25 heavy (non-hydrogen) atoms. The van der Waals surface area contributed by atoms with Crippen molar-refractivity contribution in [2.75, 3.05) is 47.0 Å². The van der Waals surface area contributed by atoms with Gasteiger partial charge >= 0.3 is 0 Å². The number of hydrogen-bond donors (Lipinski definition) is 2. The molecule has 1 aromatic heterocycles. The molecule has 1 saturated heterocycles. The van der Waals surface area contributed by atoms with Crippen molar-refractivity contribution in [3.05, 3.63) is 23.9 Å². The van der Waals surface area contributed by atoms with E-state index in [1.165, 1.54) is 0 Å². The first kappa shape index (κ1) is 19.5.